The van der Waals surface area contributed by atoms with Crippen molar-refractivity contribution in [2.24, 2.45) is 0 Å². The molecule has 0 saturated carbocycles. The van der Waals surface area contributed by atoms with E-state index in [0.717, 1.165) is 0 Å². The van der Waals surface area contributed by atoms with Crippen molar-refractivity contribution in [3.8, 4) is 5.75 Å². The van der Waals surface area contributed by atoms with Crippen LogP contribution in [0.25, 0.3) is 0 Å². The Kier molecular flexibility index (Phi) is 4.77. The van der Waals surface area contributed by atoms with Crippen LogP contribution in [0.15, 0.2) is 41.0 Å². The summed E-state index contributed by atoms with van der Waals surface area (Å²) < 4.78 is 23.6. The predicted molar refractivity (Wildman–Crippen MR) is 75.5 cm³/mol. The molecule has 6 nitrogen and oxygen atoms in total. The van der Waals surface area contributed by atoms with E-state index in [0.29, 0.717) is 11.3 Å². The van der Waals surface area contributed by atoms with Crippen LogP contribution in [0.3, 0.4) is 0 Å². The molecule has 0 saturated heterocycles. The highest BCUT2D eigenvalue weighted by Gasteiger charge is 2.18. The third-order valence-corrected chi connectivity index (χ3v) is 2.91. The number of hydrogen-bond donors (Lipinski definition) is 2. The highest BCUT2D eigenvalue weighted by Crippen LogP contribution is 2.16. The summed E-state index contributed by atoms with van der Waals surface area (Å²) in [4.78, 5) is 23.6. The zero-order chi connectivity index (χ0) is 16.1. The van der Waals surface area contributed by atoms with Crippen LogP contribution < -0.4 is 15.6 Å². The van der Waals surface area contributed by atoms with Crippen LogP contribution in [0.4, 0.5) is 4.39 Å². The van der Waals surface area contributed by atoms with Gasteiger partial charge in [0.1, 0.15) is 5.76 Å². The highest BCUT2D eigenvalue weighted by atomic mass is 19.1. The molecule has 0 bridgehead atoms. The van der Waals surface area contributed by atoms with Gasteiger partial charge in [0.05, 0.1) is 11.8 Å². The SMILES string of the molecule is Cc1occc1C(=O)NNC(=O)C(C)Oc1ccccc1F. The number of aryl methyl sites for hydroxylation is 1. The molecule has 2 N–H and O–H groups in total. The van der Waals surface area contributed by atoms with Gasteiger partial charge in [-0.15, -0.1) is 0 Å². The molecule has 1 aromatic heterocycles. The van der Waals surface area contributed by atoms with Gasteiger partial charge in [0.2, 0.25) is 0 Å². The van der Waals surface area contributed by atoms with Gasteiger partial charge < -0.3 is 9.15 Å². The smallest absolute Gasteiger partial charge is 0.279 e. The quantitative estimate of drug-likeness (QED) is 0.846. The first-order valence-corrected chi connectivity index (χ1v) is 6.54. The lowest BCUT2D eigenvalue weighted by molar-refractivity contribution is -0.128. The maximum Gasteiger partial charge on any atom is 0.279 e. The van der Waals surface area contributed by atoms with E-state index in [1.54, 1.807) is 13.0 Å². The van der Waals surface area contributed by atoms with Gasteiger partial charge in [-0.1, -0.05) is 12.1 Å². The van der Waals surface area contributed by atoms with Crippen molar-refractivity contribution in [1.82, 2.24) is 10.9 Å². The summed E-state index contributed by atoms with van der Waals surface area (Å²) >= 11 is 0. The fourth-order valence-electron chi connectivity index (χ4n) is 1.69. The van der Waals surface area contributed by atoms with Gasteiger partial charge in [-0.3, -0.25) is 20.4 Å². The lowest BCUT2D eigenvalue weighted by Crippen LogP contribution is -2.47. The predicted octanol–water partition coefficient (Wildman–Crippen LogP) is 1.96. The molecule has 22 heavy (non-hydrogen) atoms. The molecule has 1 atom stereocenters. The van der Waals surface area contributed by atoms with Gasteiger partial charge >= 0.3 is 0 Å². The second kappa shape index (κ2) is 6.75. The number of benzene rings is 1. The lowest BCUT2D eigenvalue weighted by atomic mass is 10.2. The largest absolute Gasteiger partial charge is 0.478 e. The number of furan rings is 1. The van der Waals surface area contributed by atoms with Gasteiger partial charge in [-0.2, -0.15) is 0 Å². The number of carbonyl (C=O) groups excluding carboxylic acids is 2. The van der Waals surface area contributed by atoms with Crippen molar-refractivity contribution in [2.75, 3.05) is 0 Å². The molecular weight excluding hydrogens is 291 g/mol. The fourth-order valence-corrected chi connectivity index (χ4v) is 1.69. The Morgan fingerprint density at radius 3 is 2.59 bits per heavy atom. The Bertz CT molecular complexity index is 684. The lowest BCUT2D eigenvalue weighted by Gasteiger charge is -2.15. The van der Waals surface area contributed by atoms with Gasteiger partial charge in [0.15, 0.2) is 17.7 Å². The molecule has 0 spiro atoms. The van der Waals surface area contributed by atoms with Gasteiger partial charge in [-0.25, -0.2) is 4.39 Å². The number of nitrogens with one attached hydrogen (secondary N) is 2. The molecule has 7 heteroatoms. The number of ether oxygens (including phenoxy) is 1. The minimum Gasteiger partial charge on any atom is -0.478 e. The first kappa shape index (κ1) is 15.6. The molecular formula is C15H15FN2O4. The van der Waals surface area contributed by atoms with Crippen molar-refractivity contribution in [3.63, 3.8) is 0 Å². The van der Waals surface area contributed by atoms with E-state index in [-0.39, 0.29) is 5.75 Å². The number of halogens is 1. The molecule has 0 radical (unpaired) electrons. The molecule has 0 fully saturated rings. The minimum atomic E-state index is -0.984. The molecule has 2 amide bonds. The van der Waals surface area contributed by atoms with Crippen LogP contribution in [0.5, 0.6) is 5.75 Å². The van der Waals surface area contributed by atoms with Crippen molar-refractivity contribution >= 4 is 11.8 Å². The number of amides is 2. The Morgan fingerprint density at radius 2 is 1.95 bits per heavy atom. The van der Waals surface area contributed by atoms with Crippen molar-refractivity contribution < 1.29 is 23.1 Å². The van der Waals surface area contributed by atoms with E-state index in [9.17, 15) is 14.0 Å². The normalized spacial score (nSPS) is 11.6. The van der Waals surface area contributed by atoms with Gasteiger partial charge in [-0.05, 0) is 32.0 Å². The number of para-hydroxylation sites is 1. The third kappa shape index (κ3) is 3.63. The zero-order valence-electron chi connectivity index (χ0n) is 12.1. The van der Waals surface area contributed by atoms with Crippen LogP contribution in [0, 0.1) is 12.7 Å². The number of hydrogen-bond acceptors (Lipinski definition) is 4. The topological polar surface area (TPSA) is 80.6 Å². The van der Waals surface area contributed by atoms with Crippen LogP contribution in [-0.4, -0.2) is 17.9 Å². The monoisotopic (exact) mass is 306 g/mol. The second-order valence-corrected chi connectivity index (χ2v) is 4.52. The summed E-state index contributed by atoms with van der Waals surface area (Å²) in [5.41, 5.74) is 4.75. The first-order chi connectivity index (χ1) is 10.5. The molecule has 0 aliphatic rings. The summed E-state index contributed by atoms with van der Waals surface area (Å²) in [6.45, 7) is 3.07. The Labute approximate surface area is 126 Å². The Morgan fingerprint density at radius 1 is 1.23 bits per heavy atom. The van der Waals surface area contributed by atoms with Gasteiger partial charge in [0.25, 0.3) is 11.8 Å². The number of rotatable bonds is 4. The highest BCUT2D eigenvalue weighted by molar-refractivity contribution is 5.96. The summed E-state index contributed by atoms with van der Waals surface area (Å²) in [6.07, 6.45) is 0.387. The maximum absolute atomic E-state index is 13.4. The van der Waals surface area contributed by atoms with E-state index in [1.165, 1.54) is 37.5 Å². The molecule has 1 aromatic carbocycles. The molecule has 2 rings (SSSR count). The number of carbonyl (C=O) groups is 2. The second-order valence-electron chi connectivity index (χ2n) is 4.52. The van der Waals surface area contributed by atoms with E-state index in [4.69, 9.17) is 9.15 Å². The van der Waals surface area contributed by atoms with Gasteiger partial charge in [0, 0.05) is 0 Å². The van der Waals surface area contributed by atoms with Crippen LogP contribution >= 0.6 is 0 Å². The van der Waals surface area contributed by atoms with Crippen LogP contribution in [0.2, 0.25) is 0 Å². The summed E-state index contributed by atoms with van der Waals surface area (Å²) in [5, 5.41) is 0. The zero-order valence-corrected chi connectivity index (χ0v) is 12.1. The summed E-state index contributed by atoms with van der Waals surface area (Å²) in [5.74, 6) is -1.31. The molecule has 116 valence electrons. The molecule has 0 aliphatic heterocycles. The Balaban J connectivity index is 1.88. The first-order valence-electron chi connectivity index (χ1n) is 6.54. The van der Waals surface area contributed by atoms with E-state index in [2.05, 4.69) is 10.9 Å². The van der Waals surface area contributed by atoms with Crippen molar-refractivity contribution in [3.05, 3.63) is 53.7 Å². The Hall–Kier alpha value is -2.83. The van der Waals surface area contributed by atoms with E-state index < -0.39 is 23.7 Å². The van der Waals surface area contributed by atoms with E-state index >= 15 is 0 Å². The molecule has 1 heterocycles. The van der Waals surface area contributed by atoms with E-state index in [1.807, 2.05) is 0 Å². The summed E-state index contributed by atoms with van der Waals surface area (Å²) in [7, 11) is 0. The van der Waals surface area contributed by atoms with Crippen molar-refractivity contribution in [2.45, 2.75) is 20.0 Å². The van der Waals surface area contributed by atoms with Crippen LogP contribution in [0.1, 0.15) is 23.0 Å². The molecule has 1 unspecified atom stereocenters. The minimum absolute atomic E-state index is 0.0397. The average Bonchev–Trinajstić information content (AvgIpc) is 2.93. The van der Waals surface area contributed by atoms with Crippen molar-refractivity contribution in [1.29, 1.82) is 0 Å². The third-order valence-electron chi connectivity index (χ3n) is 2.91. The number of hydrazine groups is 1. The van der Waals surface area contributed by atoms with Crippen LogP contribution in [-0.2, 0) is 4.79 Å². The average molecular weight is 306 g/mol. The molecule has 2 aromatic rings. The standard InChI is InChI=1S/C15H15FN2O4/c1-9-11(7-8-21-9)15(20)18-17-14(19)10(2)22-13-6-4-3-5-12(13)16/h3-8,10H,1-2H3,(H,17,19)(H,18,20). The molecule has 0 aliphatic carbocycles. The summed E-state index contributed by atoms with van der Waals surface area (Å²) in [6, 6.07) is 7.22. The fraction of sp³-hybridized carbons (Fsp3) is 0.200. The maximum atomic E-state index is 13.4.